The van der Waals surface area contributed by atoms with Gasteiger partial charge in [-0.1, -0.05) is 18.2 Å². The molecule has 3 rings (SSSR count). The minimum atomic E-state index is -3.79. The van der Waals surface area contributed by atoms with Crippen LogP contribution in [0.3, 0.4) is 0 Å². The van der Waals surface area contributed by atoms with Crippen LogP contribution in [0.25, 0.3) is 0 Å². The lowest BCUT2D eigenvalue weighted by atomic mass is 10.3. The number of hydrogen-bond acceptors (Lipinski definition) is 7. The SMILES string of the molecule is N#C/C=C/S(=O)(=O)c1ccc(NP(=O)(Nc2ccc(S(=O)(=O)/C=C/C#N)cc2)c2ccccc2)cc1. The van der Waals surface area contributed by atoms with Gasteiger partial charge in [-0.25, -0.2) is 16.8 Å². The molecule has 3 aromatic carbocycles. The molecule has 0 aliphatic rings. The number of hydrogen-bond donors (Lipinski definition) is 2. The Bertz CT molecular complexity index is 1530. The van der Waals surface area contributed by atoms with Crippen LogP contribution in [0.5, 0.6) is 0 Å². The molecule has 0 aliphatic heterocycles. The highest BCUT2D eigenvalue weighted by Crippen LogP contribution is 2.44. The smallest absolute Gasteiger partial charge is 0.287 e. The van der Waals surface area contributed by atoms with E-state index in [9.17, 15) is 21.4 Å². The van der Waals surface area contributed by atoms with Crippen LogP contribution >= 0.6 is 7.44 Å². The summed E-state index contributed by atoms with van der Waals surface area (Å²) in [6, 6.07) is 22.8. The van der Waals surface area contributed by atoms with Crippen LogP contribution in [0, 0.1) is 22.7 Å². The second-order valence-electron chi connectivity index (χ2n) is 7.17. The Morgan fingerprint density at radius 1 is 0.639 bits per heavy atom. The fourth-order valence-corrected chi connectivity index (χ4v) is 6.75. The second-order valence-corrected chi connectivity index (χ2v) is 13.0. The van der Waals surface area contributed by atoms with E-state index >= 15 is 0 Å². The number of allylic oxidation sites excluding steroid dienone is 2. The minimum absolute atomic E-state index is 0.0377. The summed E-state index contributed by atoms with van der Waals surface area (Å²) < 4.78 is 62.9. The van der Waals surface area contributed by atoms with Crippen LogP contribution in [0.15, 0.2) is 112 Å². The van der Waals surface area contributed by atoms with Crippen LogP contribution in [0.4, 0.5) is 11.4 Å². The molecule has 0 amide bonds. The third kappa shape index (κ3) is 6.49. The number of rotatable bonds is 9. The molecule has 0 unspecified atom stereocenters. The lowest BCUT2D eigenvalue weighted by molar-refractivity contribution is 0.587. The van der Waals surface area contributed by atoms with E-state index in [0.29, 0.717) is 16.7 Å². The Hall–Kier alpha value is -4.15. The van der Waals surface area contributed by atoms with Crippen LogP contribution in [0.2, 0.25) is 0 Å². The molecular formula is C24H19N4O5PS2. The molecule has 0 aromatic heterocycles. The Labute approximate surface area is 209 Å². The summed E-state index contributed by atoms with van der Waals surface area (Å²) in [5.41, 5.74) is 0.720. The maximum absolute atomic E-state index is 14.0. The summed E-state index contributed by atoms with van der Waals surface area (Å²) in [5, 5.41) is 25.0. The summed E-state index contributed by atoms with van der Waals surface area (Å²) in [7, 11) is -11.2. The number of benzene rings is 3. The largest absolute Gasteiger partial charge is 0.317 e. The second kappa shape index (κ2) is 11.1. The molecule has 0 saturated carbocycles. The van der Waals surface area contributed by atoms with Gasteiger partial charge in [-0.05, 0) is 60.7 Å². The van der Waals surface area contributed by atoms with E-state index in [1.165, 1.54) is 48.5 Å². The predicted octanol–water partition coefficient (Wildman–Crippen LogP) is 4.35. The van der Waals surface area contributed by atoms with Gasteiger partial charge in [0.15, 0.2) is 0 Å². The first-order valence-corrected chi connectivity index (χ1v) is 14.9. The van der Waals surface area contributed by atoms with Gasteiger partial charge in [0.1, 0.15) is 0 Å². The molecule has 0 spiro atoms. The molecular weight excluding hydrogens is 519 g/mol. The maximum Gasteiger partial charge on any atom is 0.287 e. The first-order valence-electron chi connectivity index (χ1n) is 10.1. The van der Waals surface area contributed by atoms with Crippen molar-refractivity contribution in [2.75, 3.05) is 10.2 Å². The lowest BCUT2D eigenvalue weighted by Gasteiger charge is -2.23. The number of nitrogens with zero attached hydrogens (tertiary/aromatic N) is 2. The molecule has 36 heavy (non-hydrogen) atoms. The third-order valence-corrected chi connectivity index (χ3v) is 9.72. The average molecular weight is 539 g/mol. The zero-order valence-electron chi connectivity index (χ0n) is 18.5. The van der Waals surface area contributed by atoms with E-state index in [4.69, 9.17) is 10.5 Å². The summed E-state index contributed by atoms with van der Waals surface area (Å²) in [4.78, 5) is -0.0754. The molecule has 0 fully saturated rings. The van der Waals surface area contributed by atoms with Gasteiger partial charge < -0.3 is 10.2 Å². The van der Waals surface area contributed by atoms with E-state index in [0.717, 1.165) is 23.0 Å². The molecule has 9 nitrogen and oxygen atoms in total. The normalized spacial score (nSPS) is 12.2. The molecule has 0 radical (unpaired) electrons. The molecule has 3 aromatic rings. The Morgan fingerprint density at radius 3 is 1.39 bits per heavy atom. The summed E-state index contributed by atoms with van der Waals surface area (Å²) in [6.45, 7) is 0. The molecule has 0 aliphatic carbocycles. The Kier molecular flexibility index (Phi) is 8.13. The van der Waals surface area contributed by atoms with E-state index in [1.54, 1.807) is 42.5 Å². The van der Waals surface area contributed by atoms with Gasteiger partial charge in [-0.2, -0.15) is 10.5 Å². The van der Waals surface area contributed by atoms with Crippen molar-refractivity contribution in [3.05, 3.63) is 102 Å². The number of nitrogens with one attached hydrogen (secondary N) is 2. The zero-order valence-corrected chi connectivity index (χ0v) is 21.0. The fraction of sp³-hybridized carbons (Fsp3) is 0. The molecule has 0 heterocycles. The molecule has 182 valence electrons. The van der Waals surface area contributed by atoms with Crippen molar-refractivity contribution in [3.8, 4) is 12.1 Å². The van der Waals surface area contributed by atoms with Crippen molar-refractivity contribution < 1.29 is 21.4 Å². The summed E-state index contributed by atoms with van der Waals surface area (Å²) >= 11 is 0. The topological polar surface area (TPSA) is 157 Å². The Balaban J connectivity index is 1.92. The van der Waals surface area contributed by atoms with Crippen molar-refractivity contribution >= 4 is 43.8 Å². The van der Waals surface area contributed by atoms with Gasteiger partial charge >= 0.3 is 0 Å². The zero-order chi connectivity index (χ0) is 26.2. The van der Waals surface area contributed by atoms with Crippen molar-refractivity contribution in [3.63, 3.8) is 0 Å². The van der Waals surface area contributed by atoms with Crippen molar-refractivity contribution in [2.24, 2.45) is 0 Å². The molecule has 0 atom stereocenters. The van der Waals surface area contributed by atoms with Crippen molar-refractivity contribution in [1.29, 1.82) is 10.5 Å². The first-order chi connectivity index (χ1) is 17.1. The van der Waals surface area contributed by atoms with Gasteiger partial charge in [0.25, 0.3) is 7.44 Å². The van der Waals surface area contributed by atoms with E-state index in [1.807, 2.05) is 0 Å². The van der Waals surface area contributed by atoms with Crippen LogP contribution in [-0.2, 0) is 24.2 Å². The molecule has 0 saturated heterocycles. The van der Waals surface area contributed by atoms with Crippen molar-refractivity contribution in [2.45, 2.75) is 9.79 Å². The van der Waals surface area contributed by atoms with Crippen LogP contribution in [-0.4, -0.2) is 16.8 Å². The van der Waals surface area contributed by atoms with E-state index in [2.05, 4.69) is 10.2 Å². The van der Waals surface area contributed by atoms with Gasteiger partial charge in [-0.3, -0.25) is 4.57 Å². The molecule has 2 N–H and O–H groups in total. The molecule has 12 heteroatoms. The van der Waals surface area contributed by atoms with Gasteiger partial charge in [0, 0.05) is 34.3 Å². The maximum atomic E-state index is 14.0. The van der Waals surface area contributed by atoms with Crippen LogP contribution < -0.4 is 15.5 Å². The Morgan fingerprint density at radius 2 is 1.03 bits per heavy atom. The number of anilines is 2. The third-order valence-electron chi connectivity index (χ3n) is 4.70. The summed E-state index contributed by atoms with van der Waals surface area (Å²) in [5.74, 6) is 0. The minimum Gasteiger partial charge on any atom is -0.317 e. The first kappa shape index (κ1) is 26.5. The van der Waals surface area contributed by atoms with E-state index in [-0.39, 0.29) is 9.79 Å². The number of nitriles is 2. The standard InChI is InChI=1S/C24H19N4O5PS2/c25-16-4-18-35(30,31)23-12-8-20(9-13-23)27-34(29,22-6-2-1-3-7-22)28-21-10-14-24(15-11-21)36(32,33)19-5-17-26/h1-15,18-19H,(H2,27,28,29)/b18-4+,19-5+. The quantitative estimate of drug-likeness (QED) is 0.298. The van der Waals surface area contributed by atoms with Crippen molar-refractivity contribution in [1.82, 2.24) is 0 Å². The lowest BCUT2D eigenvalue weighted by Crippen LogP contribution is -2.18. The average Bonchev–Trinajstić information content (AvgIpc) is 2.87. The predicted molar refractivity (Wildman–Crippen MR) is 138 cm³/mol. The highest BCUT2D eigenvalue weighted by molar-refractivity contribution is 7.94. The van der Waals surface area contributed by atoms with Gasteiger partial charge in [-0.15, -0.1) is 0 Å². The summed E-state index contributed by atoms with van der Waals surface area (Å²) in [6.07, 6.45) is 1.73. The van der Waals surface area contributed by atoms with Crippen LogP contribution in [0.1, 0.15) is 0 Å². The highest BCUT2D eigenvalue weighted by Gasteiger charge is 2.25. The van der Waals surface area contributed by atoms with E-state index < -0.39 is 27.1 Å². The monoisotopic (exact) mass is 538 g/mol. The number of sulfone groups is 2. The fourth-order valence-electron chi connectivity index (χ4n) is 2.99. The highest BCUT2D eigenvalue weighted by atomic mass is 32.2. The molecule has 0 bridgehead atoms. The van der Waals surface area contributed by atoms with Gasteiger partial charge in [0.05, 0.1) is 27.2 Å². The van der Waals surface area contributed by atoms with Gasteiger partial charge in [0.2, 0.25) is 19.7 Å².